The van der Waals surface area contributed by atoms with E-state index in [1.807, 2.05) is 24.3 Å². The first-order valence-electron chi connectivity index (χ1n) is 12.3. The van der Waals surface area contributed by atoms with Crippen LogP contribution in [-0.4, -0.2) is 41.2 Å². The molecule has 10 nitrogen and oxygen atoms in total. The monoisotopic (exact) mass is 527 g/mol. The number of aromatic nitrogens is 1. The Balaban J connectivity index is 1.12. The molecule has 3 N–H and O–H groups in total. The molecule has 10 heteroatoms. The average molecular weight is 528 g/mol. The zero-order chi connectivity index (χ0) is 27.2. The summed E-state index contributed by atoms with van der Waals surface area (Å²) in [4.78, 5) is 41.6. The number of oxazole rings is 1. The molecule has 0 aliphatic heterocycles. The number of fused-ring (bicyclic) bond motifs is 2. The van der Waals surface area contributed by atoms with Gasteiger partial charge in [-0.2, -0.15) is 0 Å². The van der Waals surface area contributed by atoms with Crippen LogP contribution in [0.4, 0.5) is 0 Å². The van der Waals surface area contributed by atoms with Gasteiger partial charge in [0.15, 0.2) is 5.58 Å². The molecule has 0 saturated heterocycles. The summed E-state index contributed by atoms with van der Waals surface area (Å²) in [6.45, 7) is 1.44. The molecule has 0 saturated carbocycles. The minimum absolute atomic E-state index is 0.0202. The number of hydrogen-bond acceptors (Lipinski definition) is 8. The van der Waals surface area contributed by atoms with Gasteiger partial charge in [0.2, 0.25) is 11.3 Å². The van der Waals surface area contributed by atoms with Crippen LogP contribution >= 0.6 is 0 Å². The van der Waals surface area contributed by atoms with E-state index in [4.69, 9.17) is 13.6 Å². The third-order valence-electron chi connectivity index (χ3n) is 6.05. The van der Waals surface area contributed by atoms with Crippen molar-refractivity contribution in [2.75, 3.05) is 13.2 Å². The Hall–Kier alpha value is -4.96. The molecule has 2 aromatic heterocycles. The van der Waals surface area contributed by atoms with E-state index in [2.05, 4.69) is 15.6 Å². The predicted molar refractivity (Wildman–Crippen MR) is 143 cm³/mol. The molecule has 0 spiro atoms. The Bertz CT molecular complexity index is 1640. The number of rotatable bonds is 11. The average Bonchev–Trinajstić information content (AvgIpc) is 3.36. The van der Waals surface area contributed by atoms with E-state index in [1.54, 1.807) is 48.5 Å². The van der Waals surface area contributed by atoms with Crippen molar-refractivity contribution in [1.29, 1.82) is 0 Å². The molecule has 0 fully saturated rings. The van der Waals surface area contributed by atoms with Crippen molar-refractivity contribution < 1.29 is 28.3 Å². The highest BCUT2D eigenvalue weighted by Gasteiger charge is 2.23. The standard InChI is InChI=1S/C29H25N3O7/c33-27-20-5-1-3-7-24(20)38-17-21(27)28(34)32-23(29(35)36)15-18-9-11-19(12-10-18)37-14-13-30-16-26-31-22-6-2-4-8-25(22)39-26/h1-12,17,23,30H,13-16H2,(H,32,34)(H,35,36)/t23-/m0/s1. The minimum Gasteiger partial charge on any atom is -0.492 e. The number of carbonyl (C=O) groups excluding carboxylic acids is 1. The van der Waals surface area contributed by atoms with Crippen LogP contribution in [0.5, 0.6) is 5.75 Å². The summed E-state index contributed by atoms with van der Waals surface area (Å²) in [6, 6.07) is 19.8. The molecular weight excluding hydrogens is 502 g/mol. The highest BCUT2D eigenvalue weighted by atomic mass is 16.5. The summed E-state index contributed by atoms with van der Waals surface area (Å²) in [5, 5.41) is 15.5. The first-order chi connectivity index (χ1) is 19.0. The van der Waals surface area contributed by atoms with Crippen LogP contribution < -0.4 is 20.8 Å². The van der Waals surface area contributed by atoms with E-state index in [0.29, 0.717) is 42.5 Å². The maximum absolute atomic E-state index is 12.7. The lowest BCUT2D eigenvalue weighted by atomic mass is 10.1. The van der Waals surface area contributed by atoms with Gasteiger partial charge in [-0.15, -0.1) is 0 Å². The molecule has 0 aliphatic rings. The van der Waals surface area contributed by atoms with Gasteiger partial charge in [0, 0.05) is 13.0 Å². The number of carboxylic acid groups (broad SMARTS) is 1. The van der Waals surface area contributed by atoms with Crippen LogP contribution in [0.25, 0.3) is 22.1 Å². The number of aliphatic carboxylic acids is 1. The summed E-state index contributed by atoms with van der Waals surface area (Å²) in [7, 11) is 0. The Kier molecular flexibility index (Phi) is 7.65. The maximum Gasteiger partial charge on any atom is 0.326 e. The van der Waals surface area contributed by atoms with Gasteiger partial charge in [0.05, 0.1) is 11.9 Å². The van der Waals surface area contributed by atoms with E-state index in [0.717, 1.165) is 17.4 Å². The third kappa shape index (κ3) is 6.13. The lowest BCUT2D eigenvalue weighted by Gasteiger charge is -2.15. The number of nitrogens with zero attached hydrogens (tertiary/aromatic N) is 1. The van der Waals surface area contributed by atoms with Gasteiger partial charge in [0.25, 0.3) is 5.91 Å². The van der Waals surface area contributed by atoms with Crippen molar-refractivity contribution in [2.45, 2.75) is 19.0 Å². The largest absolute Gasteiger partial charge is 0.492 e. The zero-order valence-corrected chi connectivity index (χ0v) is 20.8. The molecule has 3 aromatic carbocycles. The van der Waals surface area contributed by atoms with E-state index in [9.17, 15) is 19.5 Å². The number of nitrogens with one attached hydrogen (secondary N) is 2. The smallest absolute Gasteiger partial charge is 0.326 e. The van der Waals surface area contributed by atoms with E-state index in [-0.39, 0.29) is 17.4 Å². The molecule has 1 amide bonds. The normalized spacial score (nSPS) is 11.9. The number of para-hydroxylation sites is 3. The quantitative estimate of drug-likeness (QED) is 0.220. The summed E-state index contributed by atoms with van der Waals surface area (Å²) in [6.07, 6.45) is 1.07. The Labute approximate surface area is 222 Å². The number of ether oxygens (including phenoxy) is 1. The molecule has 5 aromatic rings. The highest BCUT2D eigenvalue weighted by molar-refractivity contribution is 5.98. The van der Waals surface area contributed by atoms with Gasteiger partial charge >= 0.3 is 5.97 Å². The molecule has 1 atom stereocenters. The summed E-state index contributed by atoms with van der Waals surface area (Å²) in [5.74, 6) is -0.819. The lowest BCUT2D eigenvalue weighted by molar-refractivity contribution is -0.139. The van der Waals surface area contributed by atoms with Crippen LogP contribution in [0.15, 0.2) is 92.7 Å². The van der Waals surface area contributed by atoms with Crippen molar-refractivity contribution >= 4 is 33.9 Å². The van der Waals surface area contributed by atoms with Crippen LogP contribution in [0, 0.1) is 0 Å². The fourth-order valence-electron chi connectivity index (χ4n) is 4.06. The SMILES string of the molecule is O=C(N[C@@H](Cc1ccc(OCCNCc2nc3ccccc3o2)cc1)C(=O)O)c1coc2ccccc2c1=O. The third-order valence-corrected chi connectivity index (χ3v) is 6.05. The van der Waals surface area contributed by atoms with Crippen molar-refractivity contribution in [3.63, 3.8) is 0 Å². The number of carbonyl (C=O) groups is 2. The molecule has 2 heterocycles. The van der Waals surface area contributed by atoms with Gasteiger partial charge in [-0.1, -0.05) is 36.4 Å². The first-order valence-corrected chi connectivity index (χ1v) is 12.3. The Morgan fingerprint density at radius 3 is 2.49 bits per heavy atom. The number of hydrogen-bond donors (Lipinski definition) is 3. The van der Waals surface area contributed by atoms with Crippen molar-refractivity contribution in [3.05, 3.63) is 106 Å². The zero-order valence-electron chi connectivity index (χ0n) is 20.8. The summed E-state index contributed by atoms with van der Waals surface area (Å²) in [5.41, 5.74) is 1.80. The van der Waals surface area contributed by atoms with Crippen LogP contribution in [0.2, 0.25) is 0 Å². The second-order valence-corrected chi connectivity index (χ2v) is 8.79. The molecule has 0 radical (unpaired) electrons. The van der Waals surface area contributed by atoms with Crippen LogP contribution in [-0.2, 0) is 17.8 Å². The molecule has 0 unspecified atom stereocenters. The van der Waals surface area contributed by atoms with Crippen LogP contribution in [0.3, 0.4) is 0 Å². The molecule has 0 aliphatic carbocycles. The number of benzene rings is 3. The molecule has 0 bridgehead atoms. The number of amides is 1. The molecular formula is C29H25N3O7. The predicted octanol–water partition coefficient (Wildman–Crippen LogP) is 3.53. The van der Waals surface area contributed by atoms with Crippen LogP contribution in [0.1, 0.15) is 21.8 Å². The molecule has 5 rings (SSSR count). The van der Waals surface area contributed by atoms with E-state index in [1.165, 1.54) is 0 Å². The molecule has 198 valence electrons. The fourth-order valence-corrected chi connectivity index (χ4v) is 4.06. The van der Waals surface area contributed by atoms with E-state index >= 15 is 0 Å². The minimum atomic E-state index is -1.24. The highest BCUT2D eigenvalue weighted by Crippen LogP contribution is 2.16. The fraction of sp³-hybridized carbons (Fsp3) is 0.172. The van der Waals surface area contributed by atoms with Gasteiger partial charge in [0.1, 0.15) is 41.3 Å². The summed E-state index contributed by atoms with van der Waals surface area (Å²) >= 11 is 0. The van der Waals surface area contributed by atoms with Crippen molar-refractivity contribution in [2.24, 2.45) is 0 Å². The van der Waals surface area contributed by atoms with E-state index < -0.39 is 23.3 Å². The first kappa shape index (κ1) is 25.7. The topological polar surface area (TPSA) is 144 Å². The maximum atomic E-state index is 12.7. The van der Waals surface area contributed by atoms with Gasteiger partial charge in [-0.3, -0.25) is 9.59 Å². The Morgan fingerprint density at radius 1 is 0.974 bits per heavy atom. The van der Waals surface area contributed by atoms with Gasteiger partial charge < -0.3 is 29.3 Å². The summed E-state index contributed by atoms with van der Waals surface area (Å²) < 4.78 is 16.8. The van der Waals surface area contributed by atoms with Gasteiger partial charge in [-0.25, -0.2) is 9.78 Å². The lowest BCUT2D eigenvalue weighted by Crippen LogP contribution is -2.43. The molecule has 39 heavy (non-hydrogen) atoms. The van der Waals surface area contributed by atoms with Gasteiger partial charge in [-0.05, 0) is 42.0 Å². The second kappa shape index (κ2) is 11.6. The Morgan fingerprint density at radius 2 is 1.72 bits per heavy atom. The second-order valence-electron chi connectivity index (χ2n) is 8.79. The number of carboxylic acids is 1. The van der Waals surface area contributed by atoms with Crippen molar-refractivity contribution in [1.82, 2.24) is 15.6 Å². The van der Waals surface area contributed by atoms with Crippen molar-refractivity contribution in [3.8, 4) is 5.75 Å².